The average Bonchev–Trinajstić information content (AvgIpc) is 2.05. The molecule has 0 bridgehead atoms. The van der Waals surface area contributed by atoms with Crippen LogP contribution in [0.5, 0.6) is 0 Å². The number of aromatic nitrogens is 2. The summed E-state index contributed by atoms with van der Waals surface area (Å²) in [7, 11) is 0. The van der Waals surface area contributed by atoms with E-state index in [4.69, 9.17) is 11.6 Å². The van der Waals surface area contributed by atoms with E-state index in [1.165, 1.54) is 17.4 Å². The number of nitrogens with zero attached hydrogens (tertiary/aromatic N) is 2. The molecule has 0 aliphatic carbocycles. The van der Waals surface area contributed by atoms with Crippen LogP contribution in [-0.4, -0.2) is 9.97 Å². The van der Waals surface area contributed by atoms with Gasteiger partial charge < -0.3 is 0 Å². The third kappa shape index (κ3) is 1.31. The molecule has 2 rings (SSSR count). The fourth-order valence-electron chi connectivity index (χ4n) is 0.834. The van der Waals surface area contributed by atoms with Crippen LogP contribution in [0.15, 0.2) is 22.3 Å². The van der Waals surface area contributed by atoms with Crippen molar-refractivity contribution >= 4 is 22.9 Å². The van der Waals surface area contributed by atoms with Gasteiger partial charge in [-0.3, -0.25) is 4.79 Å². The standard InChI is InChI=1S/C7H3ClN2OS/c8-5-3-12-7-4(9-5)1-2-6(11)10-7/h1-3H. The van der Waals surface area contributed by atoms with Gasteiger partial charge in [0, 0.05) is 11.4 Å². The van der Waals surface area contributed by atoms with Crippen LogP contribution in [0.4, 0.5) is 0 Å². The Morgan fingerprint density at radius 2 is 2.17 bits per heavy atom. The van der Waals surface area contributed by atoms with Crippen molar-refractivity contribution in [1.82, 2.24) is 9.97 Å². The third-order valence-electron chi connectivity index (χ3n) is 1.31. The van der Waals surface area contributed by atoms with Crippen molar-refractivity contribution in [2.24, 2.45) is 0 Å². The average molecular weight is 199 g/mol. The molecule has 0 radical (unpaired) electrons. The molecule has 0 saturated heterocycles. The molecule has 0 spiro atoms. The maximum Gasteiger partial charge on any atom is 0.271 e. The van der Waals surface area contributed by atoms with Crippen LogP contribution in [0.3, 0.4) is 0 Å². The Morgan fingerprint density at radius 1 is 1.33 bits per heavy atom. The van der Waals surface area contributed by atoms with E-state index < -0.39 is 0 Å². The Bertz CT molecular complexity index is 442. The van der Waals surface area contributed by atoms with Crippen LogP contribution in [0.1, 0.15) is 0 Å². The first kappa shape index (κ1) is 7.64. The van der Waals surface area contributed by atoms with E-state index in [9.17, 15) is 4.79 Å². The molecule has 0 aromatic heterocycles. The summed E-state index contributed by atoms with van der Waals surface area (Å²) < 4.78 is 0. The molecular weight excluding hydrogens is 196 g/mol. The van der Waals surface area contributed by atoms with E-state index in [-0.39, 0.29) is 5.56 Å². The largest absolute Gasteiger partial charge is 0.271 e. The maximum absolute atomic E-state index is 10.8. The Balaban J connectivity index is 2.80. The maximum atomic E-state index is 10.8. The minimum absolute atomic E-state index is 0.247. The van der Waals surface area contributed by atoms with Crippen molar-refractivity contribution < 1.29 is 0 Å². The summed E-state index contributed by atoms with van der Waals surface area (Å²) in [4.78, 5) is 18.6. The topological polar surface area (TPSA) is 42.9 Å². The van der Waals surface area contributed by atoms with Gasteiger partial charge in [-0.2, -0.15) is 4.98 Å². The summed E-state index contributed by atoms with van der Waals surface area (Å²) >= 11 is 6.96. The Morgan fingerprint density at radius 3 is 3.00 bits per heavy atom. The first-order valence-corrected chi connectivity index (χ1v) is 4.43. The van der Waals surface area contributed by atoms with Gasteiger partial charge in [0.1, 0.15) is 15.9 Å². The summed E-state index contributed by atoms with van der Waals surface area (Å²) in [6.07, 6.45) is 0. The smallest absolute Gasteiger partial charge is 0.267 e. The van der Waals surface area contributed by atoms with E-state index in [1.807, 2.05) is 0 Å². The van der Waals surface area contributed by atoms with Crippen molar-refractivity contribution in [3.63, 3.8) is 0 Å². The quantitative estimate of drug-likeness (QED) is 0.647. The monoisotopic (exact) mass is 198 g/mol. The molecule has 0 amide bonds. The molecule has 0 aromatic carbocycles. The Labute approximate surface area is 77.0 Å². The van der Waals surface area contributed by atoms with E-state index in [0.717, 1.165) is 0 Å². The van der Waals surface area contributed by atoms with Gasteiger partial charge in [0.15, 0.2) is 0 Å². The summed E-state index contributed by atoms with van der Waals surface area (Å²) in [5.41, 5.74) is 0.412. The van der Waals surface area contributed by atoms with Gasteiger partial charge in [-0.25, -0.2) is 4.98 Å². The normalized spacial score (nSPS) is 10.4. The first-order valence-electron chi connectivity index (χ1n) is 3.18. The number of hydrogen-bond acceptors (Lipinski definition) is 4. The minimum Gasteiger partial charge on any atom is -0.267 e. The second kappa shape index (κ2) is 2.80. The molecular formula is C7H3ClN2OS. The van der Waals surface area contributed by atoms with Crippen LogP contribution in [-0.2, 0) is 0 Å². The van der Waals surface area contributed by atoms with Crippen LogP contribution in [0.25, 0.3) is 10.7 Å². The molecule has 60 valence electrons. The molecule has 2 aliphatic rings. The molecule has 0 saturated carbocycles. The molecule has 0 atom stereocenters. The molecule has 2 heterocycles. The van der Waals surface area contributed by atoms with E-state index >= 15 is 0 Å². The van der Waals surface area contributed by atoms with Crippen molar-refractivity contribution in [1.29, 1.82) is 0 Å². The highest BCUT2D eigenvalue weighted by Crippen LogP contribution is 2.22. The van der Waals surface area contributed by atoms with Gasteiger partial charge in [-0.05, 0) is 6.07 Å². The molecule has 0 fully saturated rings. The molecule has 2 aliphatic heterocycles. The molecule has 12 heavy (non-hydrogen) atoms. The second-order valence-electron chi connectivity index (χ2n) is 2.14. The van der Waals surface area contributed by atoms with Crippen molar-refractivity contribution in [3.8, 4) is 10.7 Å². The number of fused-ring (bicyclic) bond motifs is 1. The third-order valence-corrected chi connectivity index (χ3v) is 2.50. The number of pyridine rings is 1. The SMILES string of the molecule is O=c1ccc2nc(Cl)csc-2n1. The lowest BCUT2D eigenvalue weighted by atomic mass is 10.4. The lowest BCUT2D eigenvalue weighted by molar-refractivity contribution is 1.22. The molecule has 0 aromatic rings. The zero-order chi connectivity index (χ0) is 8.55. The van der Waals surface area contributed by atoms with Gasteiger partial charge >= 0.3 is 0 Å². The number of hydrogen-bond donors (Lipinski definition) is 0. The molecule has 0 N–H and O–H groups in total. The number of halogens is 1. The van der Waals surface area contributed by atoms with Crippen molar-refractivity contribution in [2.45, 2.75) is 0 Å². The van der Waals surface area contributed by atoms with Gasteiger partial charge in [-0.15, -0.1) is 11.3 Å². The zero-order valence-electron chi connectivity index (χ0n) is 5.82. The van der Waals surface area contributed by atoms with Gasteiger partial charge in [0.05, 0.1) is 0 Å². The zero-order valence-corrected chi connectivity index (χ0v) is 7.39. The van der Waals surface area contributed by atoms with Gasteiger partial charge in [0.25, 0.3) is 5.56 Å². The van der Waals surface area contributed by atoms with Crippen molar-refractivity contribution in [2.75, 3.05) is 0 Å². The van der Waals surface area contributed by atoms with Crippen LogP contribution in [0.2, 0.25) is 5.15 Å². The van der Waals surface area contributed by atoms with E-state index in [2.05, 4.69) is 9.97 Å². The molecule has 3 nitrogen and oxygen atoms in total. The summed E-state index contributed by atoms with van der Waals surface area (Å²) in [6.45, 7) is 0. The Hall–Kier alpha value is -1.00. The van der Waals surface area contributed by atoms with Crippen LogP contribution in [0, 0.1) is 0 Å². The first-order chi connectivity index (χ1) is 5.75. The van der Waals surface area contributed by atoms with Crippen LogP contribution >= 0.6 is 22.9 Å². The van der Waals surface area contributed by atoms with E-state index in [0.29, 0.717) is 15.9 Å². The van der Waals surface area contributed by atoms with Gasteiger partial charge in [0.2, 0.25) is 0 Å². The highest BCUT2D eigenvalue weighted by Gasteiger charge is 2.05. The fourth-order valence-corrected chi connectivity index (χ4v) is 1.70. The van der Waals surface area contributed by atoms with Crippen LogP contribution < -0.4 is 5.56 Å². The minimum atomic E-state index is -0.247. The fraction of sp³-hybridized carbons (Fsp3) is 0. The molecule has 5 heteroatoms. The highest BCUT2D eigenvalue weighted by atomic mass is 35.5. The van der Waals surface area contributed by atoms with Crippen molar-refractivity contribution in [3.05, 3.63) is 33.0 Å². The predicted molar refractivity (Wildman–Crippen MR) is 47.8 cm³/mol. The van der Waals surface area contributed by atoms with Gasteiger partial charge in [-0.1, -0.05) is 11.6 Å². The predicted octanol–water partition coefficient (Wildman–Crippen LogP) is 1.66. The van der Waals surface area contributed by atoms with E-state index in [1.54, 1.807) is 11.4 Å². The lowest BCUT2D eigenvalue weighted by Crippen LogP contribution is -2.05. The Kier molecular flexibility index (Phi) is 1.78. The molecule has 0 unspecified atom stereocenters. The highest BCUT2D eigenvalue weighted by molar-refractivity contribution is 7.13. The summed E-state index contributed by atoms with van der Waals surface area (Å²) in [6, 6.07) is 2.99. The lowest BCUT2D eigenvalue weighted by Gasteiger charge is -1.98. The summed E-state index contributed by atoms with van der Waals surface area (Å²) in [5, 5.41) is 2.69. The summed E-state index contributed by atoms with van der Waals surface area (Å²) in [5.74, 6) is 0. The number of rotatable bonds is 0. The second-order valence-corrected chi connectivity index (χ2v) is 3.39.